The van der Waals surface area contributed by atoms with E-state index in [1.807, 2.05) is 6.20 Å². The molecule has 0 radical (unpaired) electrons. The highest BCUT2D eigenvalue weighted by atomic mass is 16.5. The highest BCUT2D eigenvalue weighted by Gasteiger charge is 2.22. The summed E-state index contributed by atoms with van der Waals surface area (Å²) in [5, 5.41) is 7.38. The van der Waals surface area contributed by atoms with Crippen molar-refractivity contribution >= 4 is 0 Å². The van der Waals surface area contributed by atoms with Crippen LogP contribution in [0.2, 0.25) is 0 Å². The quantitative estimate of drug-likeness (QED) is 0.777. The third-order valence-corrected chi connectivity index (χ3v) is 3.39. The fourth-order valence-corrected chi connectivity index (χ4v) is 2.50. The number of nitrogens with zero attached hydrogens (tertiary/aromatic N) is 1. The Bertz CT molecular complexity index is 303. The lowest BCUT2D eigenvalue weighted by atomic mass is 9.86. The van der Waals surface area contributed by atoms with E-state index in [0.29, 0.717) is 5.92 Å². The summed E-state index contributed by atoms with van der Waals surface area (Å²) in [6.45, 7) is 4.15. The standard InChI is InChI=1S/C13H22N2O/c1-2-8-14-9-12-10-15-16-13(12)11-6-4-3-5-7-11/h10-11,14H,2-9H2,1H3. The van der Waals surface area contributed by atoms with Gasteiger partial charge in [-0.15, -0.1) is 0 Å². The van der Waals surface area contributed by atoms with Crippen molar-refractivity contribution in [1.29, 1.82) is 0 Å². The molecule has 0 amide bonds. The molecule has 90 valence electrons. The minimum Gasteiger partial charge on any atom is -0.361 e. The molecule has 0 bridgehead atoms. The Morgan fingerprint density at radius 1 is 1.38 bits per heavy atom. The third-order valence-electron chi connectivity index (χ3n) is 3.39. The molecule has 16 heavy (non-hydrogen) atoms. The van der Waals surface area contributed by atoms with Crippen LogP contribution < -0.4 is 5.32 Å². The van der Waals surface area contributed by atoms with Gasteiger partial charge in [0, 0.05) is 18.0 Å². The van der Waals surface area contributed by atoms with Gasteiger partial charge in [0.05, 0.1) is 6.20 Å². The topological polar surface area (TPSA) is 38.1 Å². The molecule has 0 unspecified atom stereocenters. The Balaban J connectivity index is 1.94. The molecule has 0 saturated heterocycles. The van der Waals surface area contributed by atoms with Gasteiger partial charge >= 0.3 is 0 Å². The molecule has 1 N–H and O–H groups in total. The predicted molar refractivity (Wildman–Crippen MR) is 64.3 cm³/mol. The van der Waals surface area contributed by atoms with Crippen LogP contribution in [-0.2, 0) is 6.54 Å². The summed E-state index contributed by atoms with van der Waals surface area (Å²) in [5.74, 6) is 1.76. The summed E-state index contributed by atoms with van der Waals surface area (Å²) >= 11 is 0. The summed E-state index contributed by atoms with van der Waals surface area (Å²) in [6.07, 6.45) is 9.66. The van der Waals surface area contributed by atoms with Crippen molar-refractivity contribution in [3.05, 3.63) is 17.5 Å². The van der Waals surface area contributed by atoms with E-state index >= 15 is 0 Å². The number of rotatable bonds is 5. The zero-order valence-electron chi connectivity index (χ0n) is 10.2. The summed E-state index contributed by atoms with van der Waals surface area (Å²) in [7, 11) is 0. The van der Waals surface area contributed by atoms with Gasteiger partial charge in [0.1, 0.15) is 5.76 Å². The van der Waals surface area contributed by atoms with Crippen LogP contribution in [0.15, 0.2) is 10.7 Å². The predicted octanol–water partition coefficient (Wildman–Crippen LogP) is 3.22. The second-order valence-electron chi connectivity index (χ2n) is 4.73. The van der Waals surface area contributed by atoms with Crippen molar-refractivity contribution in [2.45, 2.75) is 57.9 Å². The lowest BCUT2D eigenvalue weighted by Gasteiger charge is -2.19. The van der Waals surface area contributed by atoms with Crippen molar-refractivity contribution in [3.63, 3.8) is 0 Å². The van der Waals surface area contributed by atoms with E-state index in [-0.39, 0.29) is 0 Å². The zero-order valence-corrected chi connectivity index (χ0v) is 10.2. The first kappa shape index (κ1) is 11.6. The molecule has 1 aromatic heterocycles. The van der Waals surface area contributed by atoms with E-state index in [2.05, 4.69) is 17.4 Å². The van der Waals surface area contributed by atoms with Gasteiger partial charge in [0.25, 0.3) is 0 Å². The first-order valence-electron chi connectivity index (χ1n) is 6.56. The molecule has 1 aliphatic carbocycles. The first-order valence-corrected chi connectivity index (χ1v) is 6.56. The lowest BCUT2D eigenvalue weighted by Crippen LogP contribution is -2.15. The normalized spacial score (nSPS) is 17.8. The Kier molecular flexibility index (Phi) is 4.40. The molecule has 1 fully saturated rings. The van der Waals surface area contributed by atoms with Crippen LogP contribution in [0.1, 0.15) is 62.7 Å². The van der Waals surface area contributed by atoms with Gasteiger partial charge in [-0.3, -0.25) is 0 Å². The Morgan fingerprint density at radius 2 is 2.19 bits per heavy atom. The maximum Gasteiger partial charge on any atom is 0.144 e. The second kappa shape index (κ2) is 6.04. The van der Waals surface area contributed by atoms with Crippen LogP contribution in [0.5, 0.6) is 0 Å². The van der Waals surface area contributed by atoms with Gasteiger partial charge in [-0.25, -0.2) is 0 Å². The van der Waals surface area contributed by atoms with Crippen molar-refractivity contribution in [2.75, 3.05) is 6.54 Å². The van der Waals surface area contributed by atoms with Crippen molar-refractivity contribution in [1.82, 2.24) is 10.5 Å². The average Bonchev–Trinajstić information content (AvgIpc) is 2.79. The highest BCUT2D eigenvalue weighted by Crippen LogP contribution is 2.34. The van der Waals surface area contributed by atoms with E-state index in [1.54, 1.807) is 0 Å². The Hall–Kier alpha value is -0.830. The lowest BCUT2D eigenvalue weighted by molar-refractivity contribution is 0.319. The van der Waals surface area contributed by atoms with Gasteiger partial charge in [-0.2, -0.15) is 0 Å². The van der Waals surface area contributed by atoms with Crippen molar-refractivity contribution in [2.24, 2.45) is 0 Å². The molecule has 0 aromatic carbocycles. The van der Waals surface area contributed by atoms with Crippen LogP contribution in [-0.4, -0.2) is 11.7 Å². The maximum absolute atomic E-state index is 5.44. The van der Waals surface area contributed by atoms with Gasteiger partial charge < -0.3 is 9.84 Å². The number of nitrogens with one attached hydrogen (secondary N) is 1. The van der Waals surface area contributed by atoms with Gasteiger partial charge in [-0.1, -0.05) is 31.3 Å². The van der Waals surface area contributed by atoms with E-state index in [1.165, 1.54) is 44.1 Å². The maximum atomic E-state index is 5.44. The number of hydrogen-bond acceptors (Lipinski definition) is 3. The molecule has 1 saturated carbocycles. The molecule has 3 heteroatoms. The van der Waals surface area contributed by atoms with Crippen LogP contribution >= 0.6 is 0 Å². The molecular weight excluding hydrogens is 200 g/mol. The van der Waals surface area contributed by atoms with Crippen LogP contribution in [0.25, 0.3) is 0 Å². The molecule has 1 aliphatic rings. The molecule has 1 heterocycles. The molecule has 0 aliphatic heterocycles. The van der Waals surface area contributed by atoms with Crippen LogP contribution in [0, 0.1) is 0 Å². The van der Waals surface area contributed by atoms with E-state index in [4.69, 9.17) is 4.52 Å². The summed E-state index contributed by atoms with van der Waals surface area (Å²) in [4.78, 5) is 0. The summed E-state index contributed by atoms with van der Waals surface area (Å²) in [5.41, 5.74) is 1.26. The molecular formula is C13H22N2O. The van der Waals surface area contributed by atoms with E-state index in [9.17, 15) is 0 Å². The molecule has 1 aromatic rings. The second-order valence-corrected chi connectivity index (χ2v) is 4.73. The first-order chi connectivity index (χ1) is 7.92. The van der Waals surface area contributed by atoms with Gasteiger partial charge in [-0.05, 0) is 25.8 Å². The number of hydrogen-bond donors (Lipinski definition) is 1. The minimum atomic E-state index is 0.620. The fraction of sp³-hybridized carbons (Fsp3) is 0.769. The molecule has 0 spiro atoms. The molecule has 0 atom stereocenters. The Labute approximate surface area is 97.6 Å². The monoisotopic (exact) mass is 222 g/mol. The zero-order chi connectivity index (χ0) is 11.2. The smallest absolute Gasteiger partial charge is 0.144 e. The number of aromatic nitrogens is 1. The van der Waals surface area contributed by atoms with Crippen molar-refractivity contribution < 1.29 is 4.52 Å². The summed E-state index contributed by atoms with van der Waals surface area (Å²) in [6, 6.07) is 0. The van der Waals surface area contributed by atoms with Crippen molar-refractivity contribution in [3.8, 4) is 0 Å². The SMILES string of the molecule is CCCNCc1cnoc1C1CCCCC1. The minimum absolute atomic E-state index is 0.620. The Morgan fingerprint density at radius 3 is 2.94 bits per heavy atom. The highest BCUT2D eigenvalue weighted by molar-refractivity contribution is 5.18. The molecule has 3 nitrogen and oxygen atoms in total. The summed E-state index contributed by atoms with van der Waals surface area (Å²) < 4.78 is 5.44. The van der Waals surface area contributed by atoms with Gasteiger partial charge in [0.2, 0.25) is 0 Å². The largest absolute Gasteiger partial charge is 0.361 e. The van der Waals surface area contributed by atoms with Gasteiger partial charge in [0.15, 0.2) is 0 Å². The van der Waals surface area contributed by atoms with E-state index < -0.39 is 0 Å². The fourth-order valence-electron chi connectivity index (χ4n) is 2.50. The average molecular weight is 222 g/mol. The molecule has 2 rings (SSSR count). The van der Waals surface area contributed by atoms with Crippen LogP contribution in [0.4, 0.5) is 0 Å². The van der Waals surface area contributed by atoms with Crippen LogP contribution in [0.3, 0.4) is 0 Å². The third kappa shape index (κ3) is 2.85. The van der Waals surface area contributed by atoms with E-state index in [0.717, 1.165) is 18.8 Å².